The Balaban J connectivity index is 2.33. The number of rotatable bonds is 6. The van der Waals surface area contributed by atoms with E-state index in [2.05, 4.69) is 17.2 Å². The van der Waals surface area contributed by atoms with E-state index in [9.17, 15) is 0 Å². The van der Waals surface area contributed by atoms with Crippen molar-refractivity contribution >= 4 is 5.69 Å². The summed E-state index contributed by atoms with van der Waals surface area (Å²) in [5, 5.41) is 3.64. The van der Waals surface area contributed by atoms with Crippen molar-refractivity contribution < 1.29 is 4.74 Å². The Labute approximate surface area is 122 Å². The van der Waals surface area contributed by atoms with Crippen LogP contribution in [0.1, 0.15) is 57.1 Å². The maximum atomic E-state index is 6.18. The average Bonchev–Trinajstić information content (AvgIpc) is 2.50. The van der Waals surface area contributed by atoms with E-state index in [1.54, 1.807) is 6.20 Å². The van der Waals surface area contributed by atoms with Crippen LogP contribution < -0.4 is 11.1 Å². The molecule has 1 aliphatic carbocycles. The second kappa shape index (κ2) is 7.04. The molecular formula is C16H27N3O. The van der Waals surface area contributed by atoms with Crippen LogP contribution in [0.15, 0.2) is 18.5 Å². The lowest BCUT2D eigenvalue weighted by Gasteiger charge is -2.43. The Bertz CT molecular complexity index is 416. The molecular weight excluding hydrogens is 250 g/mol. The number of aromatic nitrogens is 1. The van der Waals surface area contributed by atoms with E-state index in [1.807, 2.05) is 19.4 Å². The number of nitrogen functional groups attached to an aromatic ring is 1. The first-order valence-corrected chi connectivity index (χ1v) is 7.71. The van der Waals surface area contributed by atoms with Gasteiger partial charge in [-0.25, -0.2) is 0 Å². The normalized spacial score (nSPS) is 19.7. The van der Waals surface area contributed by atoms with Crippen LogP contribution in [0.4, 0.5) is 5.69 Å². The topological polar surface area (TPSA) is 60.2 Å². The quantitative estimate of drug-likeness (QED) is 0.839. The van der Waals surface area contributed by atoms with Gasteiger partial charge in [0.15, 0.2) is 0 Å². The molecule has 0 bridgehead atoms. The van der Waals surface area contributed by atoms with Crippen LogP contribution in [0.5, 0.6) is 0 Å². The molecule has 4 heteroatoms. The second-order valence-electron chi connectivity index (χ2n) is 5.72. The van der Waals surface area contributed by atoms with Gasteiger partial charge in [-0.2, -0.15) is 0 Å². The highest BCUT2D eigenvalue weighted by atomic mass is 16.5. The number of nitrogens with zero attached hydrogens (tertiary/aromatic N) is 1. The summed E-state index contributed by atoms with van der Waals surface area (Å²) < 4.78 is 6.00. The van der Waals surface area contributed by atoms with Crippen molar-refractivity contribution in [3.63, 3.8) is 0 Å². The fourth-order valence-corrected chi connectivity index (χ4v) is 3.29. The molecule has 1 heterocycles. The molecule has 20 heavy (non-hydrogen) atoms. The fourth-order valence-electron chi connectivity index (χ4n) is 3.29. The van der Waals surface area contributed by atoms with Crippen LogP contribution in [0, 0.1) is 0 Å². The molecule has 0 spiro atoms. The first-order valence-electron chi connectivity index (χ1n) is 7.71. The molecule has 1 aromatic heterocycles. The lowest BCUT2D eigenvalue weighted by Crippen LogP contribution is -2.47. The third-order valence-electron chi connectivity index (χ3n) is 4.43. The number of hydrogen-bond donors (Lipinski definition) is 2. The first kappa shape index (κ1) is 15.3. The molecule has 2 rings (SSSR count). The van der Waals surface area contributed by atoms with Gasteiger partial charge in [0.1, 0.15) is 0 Å². The van der Waals surface area contributed by atoms with Gasteiger partial charge in [-0.3, -0.25) is 4.98 Å². The zero-order valence-electron chi connectivity index (χ0n) is 12.7. The second-order valence-corrected chi connectivity index (χ2v) is 5.72. The van der Waals surface area contributed by atoms with Gasteiger partial charge in [0.05, 0.1) is 11.6 Å². The molecule has 0 amide bonds. The largest absolute Gasteiger partial charge is 0.398 e. The summed E-state index contributed by atoms with van der Waals surface area (Å²) in [5.74, 6) is 0. The Morgan fingerprint density at radius 2 is 2.15 bits per heavy atom. The van der Waals surface area contributed by atoms with E-state index in [4.69, 9.17) is 10.5 Å². The third kappa shape index (κ3) is 3.13. The summed E-state index contributed by atoms with van der Waals surface area (Å²) in [6.45, 7) is 3.14. The Morgan fingerprint density at radius 1 is 1.40 bits per heavy atom. The van der Waals surface area contributed by atoms with E-state index < -0.39 is 0 Å². The zero-order chi connectivity index (χ0) is 14.4. The molecule has 1 saturated carbocycles. The van der Waals surface area contributed by atoms with Crippen molar-refractivity contribution in [3.05, 3.63) is 24.0 Å². The molecule has 1 unspecified atom stereocenters. The molecule has 0 radical (unpaired) electrons. The van der Waals surface area contributed by atoms with Crippen LogP contribution in [-0.4, -0.2) is 24.2 Å². The van der Waals surface area contributed by atoms with Gasteiger partial charge in [-0.15, -0.1) is 0 Å². The zero-order valence-corrected chi connectivity index (χ0v) is 12.7. The van der Waals surface area contributed by atoms with E-state index in [-0.39, 0.29) is 11.6 Å². The molecule has 1 fully saturated rings. The van der Waals surface area contributed by atoms with Gasteiger partial charge < -0.3 is 15.8 Å². The smallest absolute Gasteiger partial charge is 0.0873 e. The molecule has 0 aliphatic heterocycles. The molecule has 112 valence electrons. The molecule has 1 aliphatic rings. The number of pyridine rings is 1. The van der Waals surface area contributed by atoms with Crippen LogP contribution in [0.3, 0.4) is 0 Å². The summed E-state index contributed by atoms with van der Waals surface area (Å²) in [6.07, 6.45) is 10.6. The molecule has 0 saturated heterocycles. The molecule has 0 aromatic carbocycles. The highest BCUT2D eigenvalue weighted by Gasteiger charge is 2.41. The number of nitrogens with one attached hydrogen (secondary N) is 1. The fraction of sp³-hybridized carbons (Fsp3) is 0.688. The maximum absolute atomic E-state index is 6.18. The monoisotopic (exact) mass is 277 g/mol. The van der Waals surface area contributed by atoms with Gasteiger partial charge in [-0.1, -0.05) is 26.2 Å². The molecule has 3 N–H and O–H groups in total. The van der Waals surface area contributed by atoms with Gasteiger partial charge in [0.25, 0.3) is 0 Å². The minimum absolute atomic E-state index is 0.126. The van der Waals surface area contributed by atoms with E-state index in [1.165, 1.54) is 19.3 Å². The summed E-state index contributed by atoms with van der Waals surface area (Å²) in [7, 11) is 1.83. The van der Waals surface area contributed by atoms with Crippen molar-refractivity contribution in [3.8, 4) is 0 Å². The van der Waals surface area contributed by atoms with Crippen LogP contribution in [0.2, 0.25) is 0 Å². The number of anilines is 1. The summed E-state index contributed by atoms with van der Waals surface area (Å²) in [4.78, 5) is 4.26. The summed E-state index contributed by atoms with van der Waals surface area (Å²) >= 11 is 0. The SMILES string of the molecule is CCCNC(c1cnccc1N)C1(OC)CCCCC1. The first-order chi connectivity index (χ1) is 9.73. The predicted octanol–water partition coefficient (Wildman–Crippen LogP) is 3.05. The summed E-state index contributed by atoms with van der Waals surface area (Å²) in [5.41, 5.74) is 7.90. The Kier molecular flexibility index (Phi) is 5.38. The highest BCUT2D eigenvalue weighted by molar-refractivity contribution is 5.47. The lowest BCUT2D eigenvalue weighted by atomic mass is 9.76. The van der Waals surface area contributed by atoms with Crippen molar-refractivity contribution in [2.45, 2.75) is 57.1 Å². The van der Waals surface area contributed by atoms with Crippen molar-refractivity contribution in [1.29, 1.82) is 0 Å². The van der Waals surface area contributed by atoms with Crippen molar-refractivity contribution in [2.75, 3.05) is 19.4 Å². The minimum atomic E-state index is -0.148. The lowest BCUT2D eigenvalue weighted by molar-refractivity contribution is -0.0686. The van der Waals surface area contributed by atoms with Crippen molar-refractivity contribution in [1.82, 2.24) is 10.3 Å². The molecule has 4 nitrogen and oxygen atoms in total. The Hall–Kier alpha value is -1.13. The van der Waals surface area contributed by atoms with Crippen molar-refractivity contribution in [2.24, 2.45) is 0 Å². The standard InChI is InChI=1S/C16H27N3O/c1-3-10-19-15(13-12-18-11-7-14(13)17)16(20-2)8-5-4-6-9-16/h7,11-12,15,19H,3-6,8-10H2,1-2H3,(H2,17,18). The van der Waals surface area contributed by atoms with E-state index >= 15 is 0 Å². The highest BCUT2D eigenvalue weighted by Crippen LogP contribution is 2.42. The van der Waals surface area contributed by atoms with Crippen LogP contribution >= 0.6 is 0 Å². The van der Waals surface area contributed by atoms with Gasteiger partial charge >= 0.3 is 0 Å². The predicted molar refractivity (Wildman–Crippen MR) is 82.5 cm³/mol. The molecule has 1 aromatic rings. The van der Waals surface area contributed by atoms with Gasteiger partial charge in [-0.05, 0) is 31.9 Å². The number of nitrogens with two attached hydrogens (primary N) is 1. The molecule has 1 atom stereocenters. The van der Waals surface area contributed by atoms with E-state index in [0.717, 1.165) is 37.1 Å². The van der Waals surface area contributed by atoms with Gasteiger partial charge in [0, 0.05) is 30.8 Å². The third-order valence-corrected chi connectivity index (χ3v) is 4.43. The minimum Gasteiger partial charge on any atom is -0.398 e. The number of methoxy groups -OCH3 is 1. The number of ether oxygens (including phenoxy) is 1. The van der Waals surface area contributed by atoms with Gasteiger partial charge in [0.2, 0.25) is 0 Å². The average molecular weight is 277 g/mol. The summed E-state index contributed by atoms with van der Waals surface area (Å²) in [6, 6.07) is 2.00. The van der Waals surface area contributed by atoms with Crippen LogP contribution in [-0.2, 0) is 4.74 Å². The Morgan fingerprint density at radius 3 is 2.75 bits per heavy atom. The van der Waals surface area contributed by atoms with Crippen LogP contribution in [0.25, 0.3) is 0 Å². The maximum Gasteiger partial charge on any atom is 0.0873 e. The number of hydrogen-bond acceptors (Lipinski definition) is 4. The van der Waals surface area contributed by atoms with E-state index in [0.29, 0.717) is 0 Å².